The Labute approximate surface area is 114 Å². The second-order valence-electron chi connectivity index (χ2n) is 5.85. The minimum atomic E-state index is -3.39. The summed E-state index contributed by atoms with van der Waals surface area (Å²) < 4.78 is 27.1. The second-order valence-corrected chi connectivity index (χ2v) is 7.62. The van der Waals surface area contributed by atoms with E-state index in [0.717, 1.165) is 17.5 Å². The summed E-state index contributed by atoms with van der Waals surface area (Å²) >= 11 is 0. The zero-order valence-corrected chi connectivity index (χ0v) is 11.7. The summed E-state index contributed by atoms with van der Waals surface area (Å²) in [5.74, 6) is 2.11. The Morgan fingerprint density at radius 2 is 2.21 bits per heavy atom. The standard InChI is InChI=1S/C13H21N3O2S/c14-6-12-5-13(8-15-12)19(17,18)16-7-11-4-9-1-2-10(11)3-9/h5,8-11,15-16H,1-4,6-7,14H2. The van der Waals surface area contributed by atoms with Crippen LogP contribution in [0.3, 0.4) is 0 Å². The predicted octanol–water partition coefficient (Wildman–Crippen LogP) is 1.19. The van der Waals surface area contributed by atoms with Gasteiger partial charge in [0.2, 0.25) is 10.0 Å². The average Bonchev–Trinajstić information content (AvgIpc) is 3.11. The van der Waals surface area contributed by atoms with Crippen LogP contribution in [0.15, 0.2) is 17.2 Å². The van der Waals surface area contributed by atoms with E-state index in [0.29, 0.717) is 19.0 Å². The molecule has 106 valence electrons. The highest BCUT2D eigenvalue weighted by Gasteiger charge is 2.39. The maximum atomic E-state index is 12.2. The average molecular weight is 283 g/mol. The molecule has 2 aliphatic carbocycles. The molecule has 6 heteroatoms. The maximum Gasteiger partial charge on any atom is 0.242 e. The molecule has 0 aliphatic heterocycles. The molecule has 0 radical (unpaired) electrons. The molecule has 1 aromatic heterocycles. The molecule has 0 spiro atoms. The molecule has 0 amide bonds. The van der Waals surface area contributed by atoms with Crippen LogP contribution >= 0.6 is 0 Å². The van der Waals surface area contributed by atoms with E-state index < -0.39 is 10.0 Å². The third-order valence-corrected chi connectivity index (χ3v) is 6.07. The van der Waals surface area contributed by atoms with Gasteiger partial charge in [0, 0.05) is 25.0 Å². The van der Waals surface area contributed by atoms with Crippen molar-refractivity contribution in [2.45, 2.75) is 37.1 Å². The maximum absolute atomic E-state index is 12.2. The highest BCUT2D eigenvalue weighted by molar-refractivity contribution is 7.89. The fraction of sp³-hybridized carbons (Fsp3) is 0.692. The van der Waals surface area contributed by atoms with Gasteiger partial charge in [0.25, 0.3) is 0 Å². The summed E-state index contributed by atoms with van der Waals surface area (Å²) in [5, 5.41) is 0. The number of fused-ring (bicyclic) bond motifs is 2. The third-order valence-electron chi connectivity index (χ3n) is 4.67. The molecule has 19 heavy (non-hydrogen) atoms. The van der Waals surface area contributed by atoms with E-state index in [1.165, 1.54) is 31.9 Å². The van der Waals surface area contributed by atoms with Gasteiger partial charge in [0.15, 0.2) is 0 Å². The van der Waals surface area contributed by atoms with Crippen molar-refractivity contribution in [3.05, 3.63) is 18.0 Å². The molecule has 3 unspecified atom stereocenters. The van der Waals surface area contributed by atoms with Crippen LogP contribution in [0.5, 0.6) is 0 Å². The molecule has 2 aliphatic rings. The van der Waals surface area contributed by atoms with Crippen molar-refractivity contribution in [3.63, 3.8) is 0 Å². The fourth-order valence-corrected chi connectivity index (χ4v) is 4.73. The summed E-state index contributed by atoms with van der Waals surface area (Å²) in [6.45, 7) is 0.897. The molecule has 1 heterocycles. The highest BCUT2D eigenvalue weighted by Crippen LogP contribution is 2.48. The smallest absolute Gasteiger partial charge is 0.242 e. The first-order valence-corrected chi connectivity index (χ1v) is 8.44. The minimum absolute atomic E-state index is 0.288. The minimum Gasteiger partial charge on any atom is -0.363 e. The first kappa shape index (κ1) is 13.1. The topological polar surface area (TPSA) is 88.0 Å². The van der Waals surface area contributed by atoms with Crippen molar-refractivity contribution < 1.29 is 8.42 Å². The summed E-state index contributed by atoms with van der Waals surface area (Å²) in [4.78, 5) is 3.16. The van der Waals surface area contributed by atoms with Crippen LogP contribution in [0, 0.1) is 17.8 Å². The van der Waals surface area contributed by atoms with Crippen molar-refractivity contribution in [2.75, 3.05) is 6.54 Å². The molecule has 4 N–H and O–H groups in total. The zero-order valence-electron chi connectivity index (χ0n) is 10.9. The largest absolute Gasteiger partial charge is 0.363 e. The van der Waals surface area contributed by atoms with E-state index in [1.54, 1.807) is 6.07 Å². The van der Waals surface area contributed by atoms with E-state index >= 15 is 0 Å². The normalized spacial score (nSPS) is 30.1. The molecule has 2 fully saturated rings. The Morgan fingerprint density at radius 3 is 2.79 bits per heavy atom. The van der Waals surface area contributed by atoms with Gasteiger partial charge < -0.3 is 10.7 Å². The van der Waals surface area contributed by atoms with Crippen molar-refractivity contribution >= 4 is 10.0 Å². The Kier molecular flexibility index (Phi) is 3.41. The number of sulfonamides is 1. The Bertz CT molecular complexity index is 552. The molecule has 3 atom stereocenters. The highest BCUT2D eigenvalue weighted by atomic mass is 32.2. The second kappa shape index (κ2) is 4.92. The molecule has 2 bridgehead atoms. The molecule has 0 aromatic carbocycles. The third kappa shape index (κ3) is 2.57. The summed E-state index contributed by atoms with van der Waals surface area (Å²) in [7, 11) is -3.39. The van der Waals surface area contributed by atoms with E-state index in [1.807, 2.05) is 0 Å². The van der Waals surface area contributed by atoms with Crippen LogP contribution in [-0.2, 0) is 16.6 Å². The molecule has 1 aromatic rings. The number of aromatic amines is 1. The number of rotatable bonds is 5. The molecular weight excluding hydrogens is 262 g/mol. The van der Waals surface area contributed by atoms with Crippen LogP contribution in [0.1, 0.15) is 31.4 Å². The van der Waals surface area contributed by atoms with Gasteiger partial charge in [-0.25, -0.2) is 13.1 Å². The van der Waals surface area contributed by atoms with Gasteiger partial charge >= 0.3 is 0 Å². The fourth-order valence-electron chi connectivity index (χ4n) is 3.62. The van der Waals surface area contributed by atoms with Crippen LogP contribution in [0.2, 0.25) is 0 Å². The lowest BCUT2D eigenvalue weighted by Crippen LogP contribution is -2.31. The van der Waals surface area contributed by atoms with E-state index in [-0.39, 0.29) is 4.90 Å². The van der Waals surface area contributed by atoms with Gasteiger partial charge in [0.05, 0.1) is 4.90 Å². The van der Waals surface area contributed by atoms with Crippen molar-refractivity contribution in [1.82, 2.24) is 9.71 Å². The zero-order chi connectivity index (χ0) is 13.5. The van der Waals surface area contributed by atoms with Gasteiger partial charge in [-0.3, -0.25) is 0 Å². The molecule has 0 saturated heterocycles. The quantitative estimate of drug-likeness (QED) is 0.758. The number of hydrogen-bond donors (Lipinski definition) is 3. The predicted molar refractivity (Wildman–Crippen MR) is 72.8 cm³/mol. The molecule has 5 nitrogen and oxygen atoms in total. The Balaban J connectivity index is 1.62. The van der Waals surface area contributed by atoms with Gasteiger partial charge in [-0.2, -0.15) is 0 Å². The Morgan fingerprint density at radius 1 is 1.37 bits per heavy atom. The molecule has 3 rings (SSSR count). The van der Waals surface area contributed by atoms with Crippen LogP contribution < -0.4 is 10.5 Å². The van der Waals surface area contributed by atoms with Crippen molar-refractivity contribution in [1.29, 1.82) is 0 Å². The van der Waals surface area contributed by atoms with Gasteiger partial charge in [0.1, 0.15) is 0 Å². The van der Waals surface area contributed by atoms with E-state index in [4.69, 9.17) is 5.73 Å². The lowest BCUT2D eigenvalue weighted by atomic mass is 9.89. The van der Waals surface area contributed by atoms with Crippen molar-refractivity contribution in [3.8, 4) is 0 Å². The van der Waals surface area contributed by atoms with Crippen molar-refractivity contribution in [2.24, 2.45) is 23.5 Å². The summed E-state index contributed by atoms with van der Waals surface area (Å²) in [6, 6.07) is 1.60. The van der Waals surface area contributed by atoms with Crippen LogP contribution in [0.25, 0.3) is 0 Å². The lowest BCUT2D eigenvalue weighted by Gasteiger charge is -2.21. The lowest BCUT2D eigenvalue weighted by molar-refractivity contribution is 0.333. The number of aromatic nitrogens is 1. The molecular formula is C13H21N3O2S. The van der Waals surface area contributed by atoms with Crippen LogP contribution in [-0.4, -0.2) is 19.9 Å². The summed E-state index contributed by atoms with van der Waals surface area (Å²) in [5.41, 5.74) is 6.21. The number of H-pyrrole nitrogens is 1. The van der Waals surface area contributed by atoms with Gasteiger partial charge in [-0.1, -0.05) is 6.42 Å². The number of nitrogens with one attached hydrogen (secondary N) is 2. The van der Waals surface area contributed by atoms with E-state index in [9.17, 15) is 8.42 Å². The first-order chi connectivity index (χ1) is 9.08. The van der Waals surface area contributed by atoms with Gasteiger partial charge in [-0.15, -0.1) is 0 Å². The monoisotopic (exact) mass is 283 g/mol. The van der Waals surface area contributed by atoms with Crippen LogP contribution in [0.4, 0.5) is 0 Å². The Hall–Kier alpha value is -0.850. The first-order valence-electron chi connectivity index (χ1n) is 6.95. The molecule has 2 saturated carbocycles. The number of hydrogen-bond acceptors (Lipinski definition) is 3. The van der Waals surface area contributed by atoms with E-state index in [2.05, 4.69) is 9.71 Å². The summed E-state index contributed by atoms with van der Waals surface area (Å²) in [6.07, 6.45) is 6.61. The SMILES string of the molecule is NCc1cc(S(=O)(=O)NCC2CC3CCC2C3)c[nH]1. The number of nitrogens with two attached hydrogens (primary N) is 1. The van der Waals surface area contributed by atoms with Gasteiger partial charge in [-0.05, 0) is 43.1 Å².